The molecule has 0 spiro atoms. The summed E-state index contributed by atoms with van der Waals surface area (Å²) >= 11 is 0. The lowest BCUT2D eigenvalue weighted by Crippen LogP contribution is -2.47. The van der Waals surface area contributed by atoms with Crippen molar-refractivity contribution in [1.82, 2.24) is 4.31 Å². The van der Waals surface area contributed by atoms with Crippen molar-refractivity contribution in [3.05, 3.63) is 59.7 Å². The van der Waals surface area contributed by atoms with E-state index in [1.54, 1.807) is 34.6 Å². The summed E-state index contributed by atoms with van der Waals surface area (Å²) in [6.07, 6.45) is 2.09. The Labute approximate surface area is 182 Å². The van der Waals surface area contributed by atoms with E-state index in [0.29, 0.717) is 17.7 Å². The number of fused-ring (bicyclic) bond motifs is 1. The lowest BCUT2D eigenvalue weighted by molar-refractivity contribution is -0.125. The van der Waals surface area contributed by atoms with Gasteiger partial charge in [-0.05, 0) is 62.6 Å². The predicted molar refractivity (Wildman–Crippen MR) is 116 cm³/mol. The Morgan fingerprint density at radius 3 is 2.35 bits per heavy atom. The molecule has 0 aliphatic carbocycles. The second-order valence-electron chi connectivity index (χ2n) is 8.23. The van der Waals surface area contributed by atoms with Gasteiger partial charge in [-0.25, -0.2) is 13.2 Å². The van der Waals surface area contributed by atoms with Gasteiger partial charge in [-0.1, -0.05) is 24.6 Å². The summed E-state index contributed by atoms with van der Waals surface area (Å²) in [5.41, 5.74) is 1.69. The molecule has 2 aliphatic rings. The smallest absolute Gasteiger partial charge is 0.339 e. The molecule has 8 heteroatoms. The molecule has 0 saturated carbocycles. The van der Waals surface area contributed by atoms with Gasteiger partial charge in [0.25, 0.3) is 5.91 Å². The van der Waals surface area contributed by atoms with Gasteiger partial charge in [-0.2, -0.15) is 4.31 Å². The number of ether oxygens (including phenoxy) is 1. The molecule has 2 heterocycles. The van der Waals surface area contributed by atoms with Crippen LogP contribution >= 0.6 is 0 Å². The molecule has 0 aromatic heterocycles. The summed E-state index contributed by atoms with van der Waals surface area (Å²) in [5, 5.41) is 2.71. The zero-order chi connectivity index (χ0) is 22.2. The van der Waals surface area contributed by atoms with E-state index in [1.807, 2.05) is 19.9 Å². The van der Waals surface area contributed by atoms with Crippen LogP contribution in [0.5, 0.6) is 0 Å². The number of hydrogen-bond donors (Lipinski definition) is 1. The molecule has 31 heavy (non-hydrogen) atoms. The van der Waals surface area contributed by atoms with Crippen molar-refractivity contribution in [1.29, 1.82) is 0 Å². The van der Waals surface area contributed by atoms with Crippen LogP contribution in [0.15, 0.2) is 53.4 Å². The summed E-state index contributed by atoms with van der Waals surface area (Å²) in [6, 6.07) is 13.1. The summed E-state index contributed by atoms with van der Waals surface area (Å²) in [6.45, 7) is 3.87. The number of amides is 1. The molecule has 4 rings (SSSR count). The SMILES string of the molecule is C[C@@H]1CCC[C@H](C)N1S(=O)(=O)c1ccc(NC(=O)[C@H]2Cc3ccccc3C(=O)O2)cc1. The molecule has 7 nitrogen and oxygen atoms in total. The molecular formula is C23H26N2O5S. The van der Waals surface area contributed by atoms with Crippen LogP contribution in [0.25, 0.3) is 0 Å². The van der Waals surface area contributed by atoms with Crippen LogP contribution in [0.3, 0.4) is 0 Å². The number of sulfonamides is 1. The Bertz CT molecular complexity index is 1090. The van der Waals surface area contributed by atoms with E-state index in [0.717, 1.165) is 24.8 Å². The Hall–Kier alpha value is -2.71. The Balaban J connectivity index is 1.46. The number of hydrogen-bond acceptors (Lipinski definition) is 5. The van der Waals surface area contributed by atoms with E-state index in [4.69, 9.17) is 4.74 Å². The number of piperidine rings is 1. The standard InChI is InChI=1S/C23H26N2O5S/c1-15-6-5-7-16(2)25(15)31(28,29)19-12-10-18(11-13-19)24-22(26)21-14-17-8-3-4-9-20(17)23(27)30-21/h3-4,8-13,15-16,21H,5-7,14H2,1-2H3,(H,24,26)/t15-,16+,21-/m1/s1. The minimum Gasteiger partial charge on any atom is -0.448 e. The maximum Gasteiger partial charge on any atom is 0.339 e. The highest BCUT2D eigenvalue weighted by Crippen LogP contribution is 2.30. The molecule has 1 saturated heterocycles. The summed E-state index contributed by atoms with van der Waals surface area (Å²) in [4.78, 5) is 25.0. The molecule has 2 aromatic rings. The van der Waals surface area contributed by atoms with Crippen molar-refractivity contribution < 1.29 is 22.7 Å². The van der Waals surface area contributed by atoms with Crippen molar-refractivity contribution in [2.45, 2.75) is 62.6 Å². The zero-order valence-corrected chi connectivity index (χ0v) is 18.4. The number of carbonyl (C=O) groups is 2. The fourth-order valence-electron chi connectivity index (χ4n) is 4.40. The van der Waals surface area contributed by atoms with Crippen LogP contribution in [0.2, 0.25) is 0 Å². The van der Waals surface area contributed by atoms with E-state index in [-0.39, 0.29) is 17.0 Å². The predicted octanol–water partition coefficient (Wildman–Crippen LogP) is 3.36. The molecule has 0 bridgehead atoms. The van der Waals surface area contributed by atoms with Crippen molar-refractivity contribution in [3.8, 4) is 0 Å². The van der Waals surface area contributed by atoms with Crippen molar-refractivity contribution in [2.24, 2.45) is 0 Å². The second-order valence-corrected chi connectivity index (χ2v) is 10.1. The van der Waals surface area contributed by atoms with Crippen LogP contribution in [0.1, 0.15) is 49.0 Å². The lowest BCUT2D eigenvalue weighted by atomic mass is 9.98. The molecule has 2 aromatic carbocycles. The van der Waals surface area contributed by atoms with E-state index < -0.39 is 28.0 Å². The van der Waals surface area contributed by atoms with E-state index in [2.05, 4.69) is 5.32 Å². The molecule has 0 radical (unpaired) electrons. The number of benzene rings is 2. The first-order valence-electron chi connectivity index (χ1n) is 10.5. The van der Waals surface area contributed by atoms with E-state index >= 15 is 0 Å². The van der Waals surface area contributed by atoms with Gasteiger partial charge >= 0.3 is 5.97 Å². The zero-order valence-electron chi connectivity index (χ0n) is 17.6. The van der Waals surface area contributed by atoms with Crippen molar-refractivity contribution in [3.63, 3.8) is 0 Å². The Morgan fingerprint density at radius 2 is 1.68 bits per heavy atom. The topological polar surface area (TPSA) is 92.8 Å². The van der Waals surface area contributed by atoms with Gasteiger partial charge in [0.05, 0.1) is 10.5 Å². The highest BCUT2D eigenvalue weighted by molar-refractivity contribution is 7.89. The summed E-state index contributed by atoms with van der Waals surface area (Å²) < 4.78 is 33.1. The second kappa shape index (κ2) is 8.43. The maximum atomic E-state index is 13.1. The Kier molecular flexibility index (Phi) is 5.85. The van der Waals surface area contributed by atoms with Gasteiger partial charge in [-0.3, -0.25) is 4.79 Å². The van der Waals surface area contributed by atoms with Crippen LogP contribution in [-0.2, 0) is 26.0 Å². The highest BCUT2D eigenvalue weighted by Gasteiger charge is 2.36. The minimum atomic E-state index is -3.62. The van der Waals surface area contributed by atoms with E-state index in [1.165, 1.54) is 12.1 Å². The number of esters is 1. The third-order valence-corrected chi connectivity index (χ3v) is 8.14. The normalized spacial score (nSPS) is 24.2. The van der Waals surface area contributed by atoms with Gasteiger partial charge in [0.1, 0.15) is 0 Å². The fraction of sp³-hybridized carbons (Fsp3) is 0.391. The number of carbonyl (C=O) groups excluding carboxylic acids is 2. The first kappa shape index (κ1) is 21.5. The average Bonchev–Trinajstić information content (AvgIpc) is 2.74. The van der Waals surface area contributed by atoms with Crippen molar-refractivity contribution in [2.75, 3.05) is 5.32 Å². The van der Waals surface area contributed by atoms with Gasteiger partial charge < -0.3 is 10.1 Å². The minimum absolute atomic E-state index is 0.0444. The molecule has 1 amide bonds. The highest BCUT2D eigenvalue weighted by atomic mass is 32.2. The Morgan fingerprint density at radius 1 is 1.03 bits per heavy atom. The number of nitrogens with one attached hydrogen (secondary N) is 1. The quantitative estimate of drug-likeness (QED) is 0.733. The third-order valence-electron chi connectivity index (χ3n) is 5.99. The van der Waals surface area contributed by atoms with E-state index in [9.17, 15) is 18.0 Å². The first-order chi connectivity index (χ1) is 14.8. The number of rotatable bonds is 4. The van der Waals surface area contributed by atoms with Crippen LogP contribution in [-0.4, -0.2) is 42.8 Å². The molecule has 1 fully saturated rings. The molecule has 3 atom stereocenters. The molecule has 2 aliphatic heterocycles. The molecule has 1 N–H and O–H groups in total. The largest absolute Gasteiger partial charge is 0.448 e. The van der Waals surface area contributed by atoms with Crippen LogP contribution in [0.4, 0.5) is 5.69 Å². The summed E-state index contributed by atoms with van der Waals surface area (Å²) in [7, 11) is -3.62. The average molecular weight is 443 g/mol. The van der Waals surface area contributed by atoms with Crippen molar-refractivity contribution >= 4 is 27.6 Å². The third kappa shape index (κ3) is 4.22. The fourth-order valence-corrected chi connectivity index (χ4v) is 6.29. The van der Waals surface area contributed by atoms with Gasteiger partial charge in [-0.15, -0.1) is 0 Å². The van der Waals surface area contributed by atoms with Crippen LogP contribution < -0.4 is 5.32 Å². The molecular weight excluding hydrogens is 416 g/mol. The summed E-state index contributed by atoms with van der Waals surface area (Å²) in [5.74, 6) is -0.968. The number of anilines is 1. The lowest BCUT2D eigenvalue weighted by Gasteiger charge is -2.37. The number of cyclic esters (lactones) is 1. The molecule has 164 valence electrons. The van der Waals surface area contributed by atoms with Gasteiger partial charge in [0, 0.05) is 24.2 Å². The maximum absolute atomic E-state index is 13.1. The monoisotopic (exact) mass is 442 g/mol. The number of nitrogens with zero attached hydrogens (tertiary/aromatic N) is 1. The molecule has 0 unspecified atom stereocenters. The van der Waals surface area contributed by atoms with Crippen LogP contribution in [0, 0.1) is 0 Å². The van der Waals surface area contributed by atoms with Gasteiger partial charge in [0.2, 0.25) is 10.0 Å². The van der Waals surface area contributed by atoms with Gasteiger partial charge in [0.15, 0.2) is 6.10 Å². The first-order valence-corrected chi connectivity index (χ1v) is 11.9.